The van der Waals surface area contributed by atoms with E-state index in [2.05, 4.69) is 0 Å². The molecule has 1 amide bonds. The number of carbonyl (C=O) groups is 1. The highest BCUT2D eigenvalue weighted by molar-refractivity contribution is 7.89. The highest BCUT2D eigenvalue weighted by atomic mass is 32.2. The van der Waals surface area contributed by atoms with E-state index in [9.17, 15) is 13.2 Å². The third-order valence-electron chi connectivity index (χ3n) is 1.78. The van der Waals surface area contributed by atoms with Gasteiger partial charge in [0.2, 0.25) is 0 Å². The molecule has 0 saturated carbocycles. The molecule has 0 fully saturated rings. The van der Waals surface area contributed by atoms with E-state index in [-0.39, 0.29) is 5.75 Å². The number of nitrogen functional groups attached to an aromatic ring is 1. The van der Waals surface area contributed by atoms with Gasteiger partial charge in [0.15, 0.2) is 9.84 Å². The zero-order valence-electron chi connectivity index (χ0n) is 8.23. The van der Waals surface area contributed by atoms with Crippen LogP contribution in [0.5, 0.6) is 0 Å². The zero-order valence-corrected chi connectivity index (χ0v) is 9.04. The van der Waals surface area contributed by atoms with Crippen molar-refractivity contribution in [3.8, 4) is 0 Å². The zero-order chi connectivity index (χ0) is 11.5. The van der Waals surface area contributed by atoms with Crippen molar-refractivity contribution in [1.29, 1.82) is 0 Å². The Labute approximate surface area is 88.2 Å². The van der Waals surface area contributed by atoms with Crippen LogP contribution in [0.15, 0.2) is 24.3 Å². The minimum atomic E-state index is -3.04. The van der Waals surface area contributed by atoms with Gasteiger partial charge in [0.1, 0.15) is 0 Å². The molecule has 5 nitrogen and oxygen atoms in total. The average molecular weight is 228 g/mol. The molecule has 0 spiro atoms. The first kappa shape index (κ1) is 11.7. The molecule has 3 N–H and O–H groups in total. The van der Waals surface area contributed by atoms with Crippen LogP contribution in [0.2, 0.25) is 0 Å². The molecule has 1 rings (SSSR count). The van der Waals surface area contributed by atoms with Gasteiger partial charge in [0.05, 0.1) is 5.75 Å². The van der Waals surface area contributed by atoms with E-state index in [1.165, 1.54) is 12.1 Å². The number of hydrogen-bond donors (Lipinski definition) is 2. The smallest absolute Gasteiger partial charge is 0.265 e. The molecule has 0 saturated heterocycles. The fraction of sp³-hybridized carbons (Fsp3) is 0.222. The SMILES string of the molecule is CS(=O)(=O)Cc1ccc(C(=O)NN)cc1. The van der Waals surface area contributed by atoms with Crippen LogP contribution < -0.4 is 11.3 Å². The van der Waals surface area contributed by atoms with E-state index >= 15 is 0 Å². The van der Waals surface area contributed by atoms with Crippen molar-refractivity contribution in [2.24, 2.45) is 5.84 Å². The normalized spacial score (nSPS) is 11.1. The van der Waals surface area contributed by atoms with Gasteiger partial charge in [-0.05, 0) is 17.7 Å². The van der Waals surface area contributed by atoms with Crippen molar-refractivity contribution in [2.75, 3.05) is 6.26 Å². The number of nitrogens with two attached hydrogens (primary N) is 1. The number of sulfone groups is 1. The van der Waals surface area contributed by atoms with Crippen molar-refractivity contribution in [3.05, 3.63) is 35.4 Å². The first-order chi connectivity index (χ1) is 6.92. The number of carbonyl (C=O) groups excluding carboxylic acids is 1. The average Bonchev–Trinajstić information content (AvgIpc) is 2.15. The van der Waals surface area contributed by atoms with Crippen LogP contribution >= 0.6 is 0 Å². The van der Waals surface area contributed by atoms with Crippen molar-refractivity contribution < 1.29 is 13.2 Å². The lowest BCUT2D eigenvalue weighted by atomic mass is 10.1. The molecule has 0 atom stereocenters. The first-order valence-electron chi connectivity index (χ1n) is 4.20. The third kappa shape index (κ3) is 3.69. The molecular formula is C9H12N2O3S. The molecule has 1 aromatic rings. The molecule has 6 heteroatoms. The second kappa shape index (κ2) is 4.41. The molecule has 0 aliphatic heterocycles. The van der Waals surface area contributed by atoms with Crippen LogP contribution in [0, 0.1) is 0 Å². The van der Waals surface area contributed by atoms with Crippen LogP contribution in [0.1, 0.15) is 15.9 Å². The van der Waals surface area contributed by atoms with Gasteiger partial charge >= 0.3 is 0 Å². The van der Waals surface area contributed by atoms with Crippen LogP contribution in [0.3, 0.4) is 0 Å². The molecule has 0 radical (unpaired) electrons. The number of amides is 1. The molecule has 0 aliphatic carbocycles. The summed E-state index contributed by atoms with van der Waals surface area (Å²) in [5.74, 6) is 4.52. The predicted octanol–water partition coefficient (Wildman–Crippen LogP) is -0.165. The van der Waals surface area contributed by atoms with Crippen LogP contribution in [0.4, 0.5) is 0 Å². The van der Waals surface area contributed by atoms with Gasteiger partial charge in [-0.3, -0.25) is 10.2 Å². The Morgan fingerprint density at radius 2 is 1.87 bits per heavy atom. The number of benzene rings is 1. The Balaban J connectivity index is 2.86. The Bertz CT molecular complexity index is 451. The van der Waals surface area contributed by atoms with E-state index in [0.29, 0.717) is 11.1 Å². The fourth-order valence-corrected chi connectivity index (χ4v) is 1.94. The second-order valence-corrected chi connectivity index (χ2v) is 5.38. The van der Waals surface area contributed by atoms with E-state index in [1.807, 2.05) is 5.43 Å². The van der Waals surface area contributed by atoms with Gasteiger partial charge < -0.3 is 0 Å². The molecular weight excluding hydrogens is 216 g/mol. The molecule has 1 aromatic carbocycles. The lowest BCUT2D eigenvalue weighted by molar-refractivity contribution is 0.0953. The van der Waals surface area contributed by atoms with Gasteiger partial charge in [-0.15, -0.1) is 0 Å². The number of rotatable bonds is 3. The summed E-state index contributed by atoms with van der Waals surface area (Å²) >= 11 is 0. The maximum atomic E-state index is 11.1. The van der Waals surface area contributed by atoms with E-state index in [4.69, 9.17) is 5.84 Å². The summed E-state index contributed by atoms with van der Waals surface area (Å²) in [6, 6.07) is 6.24. The van der Waals surface area contributed by atoms with Crippen molar-refractivity contribution >= 4 is 15.7 Å². The topological polar surface area (TPSA) is 89.3 Å². The minimum absolute atomic E-state index is 0.0302. The Hall–Kier alpha value is -1.40. The van der Waals surface area contributed by atoms with Gasteiger partial charge in [-0.1, -0.05) is 12.1 Å². The van der Waals surface area contributed by atoms with Crippen molar-refractivity contribution in [2.45, 2.75) is 5.75 Å². The van der Waals surface area contributed by atoms with Gasteiger partial charge in [0, 0.05) is 11.8 Å². The second-order valence-electron chi connectivity index (χ2n) is 3.24. The lowest BCUT2D eigenvalue weighted by Gasteiger charge is -2.02. The molecule has 0 bridgehead atoms. The van der Waals surface area contributed by atoms with E-state index < -0.39 is 15.7 Å². The third-order valence-corrected chi connectivity index (χ3v) is 2.63. The van der Waals surface area contributed by atoms with Crippen molar-refractivity contribution in [1.82, 2.24) is 5.43 Å². The van der Waals surface area contributed by atoms with Gasteiger partial charge in [-0.2, -0.15) is 0 Å². The predicted molar refractivity (Wildman–Crippen MR) is 56.6 cm³/mol. The number of hydrazine groups is 1. The first-order valence-corrected chi connectivity index (χ1v) is 6.26. The Morgan fingerprint density at radius 1 is 1.33 bits per heavy atom. The fourth-order valence-electron chi connectivity index (χ4n) is 1.14. The molecule has 82 valence electrons. The monoisotopic (exact) mass is 228 g/mol. The highest BCUT2D eigenvalue weighted by Crippen LogP contribution is 2.07. The maximum absolute atomic E-state index is 11.1. The summed E-state index contributed by atoms with van der Waals surface area (Å²) in [4.78, 5) is 11.1. The molecule has 0 unspecified atom stereocenters. The number of nitrogens with one attached hydrogen (secondary N) is 1. The standard InChI is InChI=1S/C9H12N2O3S/c1-15(13,14)6-7-2-4-8(5-3-7)9(12)11-10/h2-5H,6,10H2,1H3,(H,11,12). The maximum Gasteiger partial charge on any atom is 0.265 e. The largest absolute Gasteiger partial charge is 0.290 e. The summed E-state index contributed by atoms with van der Waals surface area (Å²) in [6.07, 6.45) is 1.16. The van der Waals surface area contributed by atoms with E-state index in [0.717, 1.165) is 6.26 Å². The Morgan fingerprint density at radius 3 is 2.27 bits per heavy atom. The van der Waals surface area contributed by atoms with Crippen molar-refractivity contribution in [3.63, 3.8) is 0 Å². The molecule has 15 heavy (non-hydrogen) atoms. The molecule has 0 heterocycles. The summed E-state index contributed by atoms with van der Waals surface area (Å²) < 4.78 is 22.0. The molecule has 0 aromatic heterocycles. The van der Waals surface area contributed by atoms with Crippen LogP contribution in [-0.2, 0) is 15.6 Å². The van der Waals surface area contributed by atoms with E-state index in [1.54, 1.807) is 12.1 Å². The highest BCUT2D eigenvalue weighted by Gasteiger charge is 2.06. The van der Waals surface area contributed by atoms with Gasteiger partial charge in [0.25, 0.3) is 5.91 Å². The summed E-state index contributed by atoms with van der Waals surface area (Å²) in [7, 11) is -3.04. The van der Waals surface area contributed by atoms with Crippen LogP contribution in [0.25, 0.3) is 0 Å². The van der Waals surface area contributed by atoms with Gasteiger partial charge in [-0.25, -0.2) is 14.3 Å². The minimum Gasteiger partial charge on any atom is -0.290 e. The molecule has 0 aliphatic rings. The lowest BCUT2D eigenvalue weighted by Crippen LogP contribution is -2.29. The summed E-state index contributed by atoms with van der Waals surface area (Å²) in [6.45, 7) is 0. The quantitative estimate of drug-likeness (QED) is 0.427. The van der Waals surface area contributed by atoms with Crippen LogP contribution in [-0.4, -0.2) is 20.6 Å². The Kier molecular flexibility index (Phi) is 3.43. The summed E-state index contributed by atoms with van der Waals surface area (Å²) in [5, 5.41) is 0. The summed E-state index contributed by atoms with van der Waals surface area (Å²) in [5.41, 5.74) is 3.03. The number of hydrogen-bond acceptors (Lipinski definition) is 4.